The van der Waals surface area contributed by atoms with Gasteiger partial charge >= 0.3 is 0 Å². The Morgan fingerprint density at radius 3 is 1.41 bits per heavy atom. The van der Waals surface area contributed by atoms with Gasteiger partial charge in [0.2, 0.25) is 0 Å². The molecular formula is C21H41N. The molecule has 1 aromatic rings. The van der Waals surface area contributed by atoms with Gasteiger partial charge in [0.05, 0.1) is 0 Å². The molecule has 1 aromatic heterocycles. The van der Waals surface area contributed by atoms with E-state index < -0.39 is 0 Å². The zero-order valence-electron chi connectivity index (χ0n) is 17.4. The number of aromatic nitrogens is 1. The third kappa shape index (κ3) is 4.18. The lowest BCUT2D eigenvalue weighted by atomic mass is 9.69. The van der Waals surface area contributed by atoms with Gasteiger partial charge in [-0.25, -0.2) is 0 Å². The fraction of sp³-hybridized carbons (Fsp3) is 0.810. The van der Waals surface area contributed by atoms with Gasteiger partial charge in [0.1, 0.15) is 0 Å². The molecular weight excluding hydrogens is 266 g/mol. The zero-order chi connectivity index (χ0) is 17.9. The van der Waals surface area contributed by atoms with Crippen molar-refractivity contribution in [2.24, 2.45) is 0 Å². The molecule has 0 saturated heterocycles. The van der Waals surface area contributed by atoms with Crippen LogP contribution in [0.15, 0.2) is 0 Å². The van der Waals surface area contributed by atoms with Crippen LogP contribution in [0.5, 0.6) is 0 Å². The highest BCUT2D eigenvalue weighted by Gasteiger charge is 2.37. The summed E-state index contributed by atoms with van der Waals surface area (Å²) in [5, 5.41) is 0. The average molecular weight is 308 g/mol. The number of hydrogen-bond donors (Lipinski definition) is 1. The van der Waals surface area contributed by atoms with E-state index in [1.165, 1.54) is 24.2 Å². The average Bonchev–Trinajstić information content (AvgIpc) is 2.80. The van der Waals surface area contributed by atoms with E-state index in [-0.39, 0.29) is 16.2 Å². The summed E-state index contributed by atoms with van der Waals surface area (Å²) in [5.41, 5.74) is 6.51. The number of aromatic amines is 1. The smallest absolute Gasteiger partial charge is 0.0244 e. The summed E-state index contributed by atoms with van der Waals surface area (Å²) in [6.07, 6.45) is 2.34. The highest BCUT2D eigenvalue weighted by atomic mass is 14.8. The Kier molecular flexibility index (Phi) is 7.00. The number of nitrogens with one attached hydrogen (secondary N) is 1. The van der Waals surface area contributed by atoms with Gasteiger partial charge in [-0.2, -0.15) is 0 Å². The van der Waals surface area contributed by atoms with Crippen molar-refractivity contribution < 1.29 is 0 Å². The number of hydrogen-bond acceptors (Lipinski definition) is 0. The summed E-state index contributed by atoms with van der Waals surface area (Å²) in [6, 6.07) is 0. The van der Waals surface area contributed by atoms with E-state index in [9.17, 15) is 0 Å². The molecule has 0 amide bonds. The molecule has 1 heteroatoms. The first kappa shape index (κ1) is 21.3. The quantitative estimate of drug-likeness (QED) is 0.615. The van der Waals surface area contributed by atoms with Crippen LogP contribution < -0.4 is 0 Å². The molecule has 0 spiro atoms. The topological polar surface area (TPSA) is 15.8 Å². The van der Waals surface area contributed by atoms with E-state index in [1.54, 1.807) is 11.1 Å². The summed E-state index contributed by atoms with van der Waals surface area (Å²) in [6.45, 7) is 27.3. The fourth-order valence-corrected chi connectivity index (χ4v) is 3.06. The second-order valence-corrected chi connectivity index (χ2v) is 8.60. The van der Waals surface area contributed by atoms with E-state index in [0.717, 1.165) is 0 Å². The van der Waals surface area contributed by atoms with Gasteiger partial charge in [0.15, 0.2) is 0 Å². The molecule has 1 nitrogen and oxygen atoms in total. The van der Waals surface area contributed by atoms with Crippen LogP contribution in [-0.2, 0) is 16.2 Å². The Bertz CT molecular complexity index is 467. The van der Waals surface area contributed by atoms with Crippen LogP contribution in [0.3, 0.4) is 0 Å². The Labute approximate surface area is 140 Å². The molecule has 0 atom stereocenters. The molecule has 0 aliphatic rings. The van der Waals surface area contributed by atoms with Gasteiger partial charge in [-0.3, -0.25) is 0 Å². The van der Waals surface area contributed by atoms with E-state index in [4.69, 9.17) is 0 Å². The van der Waals surface area contributed by atoms with Crippen LogP contribution in [0.1, 0.15) is 112 Å². The minimum absolute atomic E-state index is 0.161. The largest absolute Gasteiger partial charge is 0.362 e. The van der Waals surface area contributed by atoms with E-state index in [2.05, 4.69) is 74.2 Å². The maximum absolute atomic E-state index is 3.73. The molecule has 130 valence electrons. The lowest BCUT2D eigenvalue weighted by Crippen LogP contribution is -2.28. The monoisotopic (exact) mass is 307 g/mol. The highest BCUT2D eigenvalue weighted by molar-refractivity contribution is 5.48. The first-order valence-corrected chi connectivity index (χ1v) is 9.12. The first-order chi connectivity index (χ1) is 9.88. The number of H-pyrrole nitrogens is 1. The molecule has 0 unspecified atom stereocenters. The maximum atomic E-state index is 3.73. The van der Waals surface area contributed by atoms with Crippen LogP contribution in [0.4, 0.5) is 0 Å². The lowest BCUT2D eigenvalue weighted by molar-refractivity contribution is 0.443. The van der Waals surface area contributed by atoms with Crippen molar-refractivity contribution in [1.29, 1.82) is 0 Å². The molecule has 1 N–H and O–H groups in total. The van der Waals surface area contributed by atoms with E-state index >= 15 is 0 Å². The Morgan fingerprint density at radius 1 is 0.727 bits per heavy atom. The predicted octanol–water partition coefficient (Wildman–Crippen LogP) is 7.02. The standard InChI is InChI=1S/C19H35N.C2H6/c1-11-18(7,8)14-13(3)20-16(17(4,5)6)15(14)19(9,10)12-2;1-2/h20H,11-12H2,1-10H3;1-2H3. The van der Waals surface area contributed by atoms with E-state index in [0.29, 0.717) is 0 Å². The minimum Gasteiger partial charge on any atom is -0.362 e. The molecule has 0 fully saturated rings. The van der Waals surface area contributed by atoms with Gasteiger partial charge in [0, 0.05) is 16.8 Å². The van der Waals surface area contributed by atoms with Crippen molar-refractivity contribution in [1.82, 2.24) is 4.98 Å². The van der Waals surface area contributed by atoms with Gasteiger partial charge in [-0.05, 0) is 41.7 Å². The number of rotatable bonds is 4. The molecule has 22 heavy (non-hydrogen) atoms. The predicted molar refractivity (Wildman–Crippen MR) is 102 cm³/mol. The van der Waals surface area contributed by atoms with Crippen LogP contribution in [0, 0.1) is 6.92 Å². The van der Waals surface area contributed by atoms with Crippen molar-refractivity contribution in [3.8, 4) is 0 Å². The highest BCUT2D eigenvalue weighted by Crippen LogP contribution is 2.44. The second-order valence-electron chi connectivity index (χ2n) is 8.60. The van der Waals surface area contributed by atoms with Gasteiger partial charge in [-0.15, -0.1) is 0 Å². The molecule has 0 aromatic carbocycles. The van der Waals surface area contributed by atoms with Crippen LogP contribution in [-0.4, -0.2) is 4.98 Å². The van der Waals surface area contributed by atoms with Crippen LogP contribution in [0.25, 0.3) is 0 Å². The molecule has 1 heterocycles. The summed E-state index contributed by atoms with van der Waals surface area (Å²) in [4.78, 5) is 3.73. The number of aryl methyl sites for hydroxylation is 1. The van der Waals surface area contributed by atoms with Crippen LogP contribution >= 0.6 is 0 Å². The summed E-state index contributed by atoms with van der Waals surface area (Å²) < 4.78 is 0. The Morgan fingerprint density at radius 2 is 1.09 bits per heavy atom. The van der Waals surface area contributed by atoms with Gasteiger partial charge in [0.25, 0.3) is 0 Å². The van der Waals surface area contributed by atoms with Gasteiger partial charge in [-0.1, -0.05) is 76.2 Å². The molecule has 0 bridgehead atoms. The Hall–Kier alpha value is -0.720. The van der Waals surface area contributed by atoms with Crippen molar-refractivity contribution >= 4 is 0 Å². The third-order valence-electron chi connectivity index (χ3n) is 5.06. The molecule has 0 radical (unpaired) electrons. The maximum Gasteiger partial charge on any atom is 0.0244 e. The summed E-state index contributed by atoms with van der Waals surface area (Å²) in [7, 11) is 0. The third-order valence-corrected chi connectivity index (χ3v) is 5.06. The molecule has 1 rings (SSSR count). The van der Waals surface area contributed by atoms with Gasteiger partial charge < -0.3 is 4.98 Å². The minimum atomic E-state index is 0.161. The second kappa shape index (κ2) is 7.23. The van der Waals surface area contributed by atoms with Crippen molar-refractivity contribution in [2.45, 2.75) is 112 Å². The molecule has 0 saturated carbocycles. The normalized spacial score (nSPS) is 12.9. The summed E-state index contributed by atoms with van der Waals surface area (Å²) in [5.74, 6) is 0. The fourth-order valence-electron chi connectivity index (χ4n) is 3.06. The molecule has 0 aliphatic heterocycles. The SMILES string of the molecule is CC.CCC(C)(C)c1c(C)[nH]c(C(C)(C)C)c1C(C)(C)CC. The van der Waals surface area contributed by atoms with Crippen molar-refractivity contribution in [2.75, 3.05) is 0 Å². The first-order valence-electron chi connectivity index (χ1n) is 9.12. The lowest BCUT2D eigenvalue weighted by Gasteiger charge is -2.34. The van der Waals surface area contributed by atoms with Crippen molar-refractivity contribution in [3.63, 3.8) is 0 Å². The van der Waals surface area contributed by atoms with E-state index in [1.807, 2.05) is 13.8 Å². The van der Waals surface area contributed by atoms with Crippen molar-refractivity contribution in [3.05, 3.63) is 22.5 Å². The Balaban J connectivity index is 0.00000211. The van der Waals surface area contributed by atoms with Crippen LogP contribution in [0.2, 0.25) is 0 Å². The molecule has 0 aliphatic carbocycles. The zero-order valence-corrected chi connectivity index (χ0v) is 17.4. The summed E-state index contributed by atoms with van der Waals surface area (Å²) >= 11 is 0.